The molecule has 4 aromatic carbocycles. The largest absolute Gasteiger partial charge is 0.469 e. The molecule has 0 atom stereocenters. The Morgan fingerprint density at radius 1 is 0.800 bits per heavy atom. The van der Waals surface area contributed by atoms with Crippen molar-refractivity contribution in [3.8, 4) is 5.69 Å². The number of hydrogen-bond acceptors (Lipinski definition) is 10. The summed E-state index contributed by atoms with van der Waals surface area (Å²) >= 11 is 3.41. The lowest BCUT2D eigenvalue weighted by Gasteiger charge is -2.20. The highest BCUT2D eigenvalue weighted by molar-refractivity contribution is 9.10. The van der Waals surface area contributed by atoms with E-state index < -0.39 is 0 Å². The number of anilines is 2. The molecule has 60 heavy (non-hydrogen) atoms. The normalized spacial score (nSPS) is 13.2. The first-order valence-electron chi connectivity index (χ1n) is 19.9. The van der Waals surface area contributed by atoms with Crippen LogP contribution < -0.4 is 20.9 Å². The lowest BCUT2D eigenvalue weighted by atomic mass is 10.1. The third-order valence-corrected chi connectivity index (χ3v) is 11.0. The minimum atomic E-state index is -0.324. The van der Waals surface area contributed by atoms with Crippen molar-refractivity contribution in [1.29, 1.82) is 0 Å². The van der Waals surface area contributed by atoms with Gasteiger partial charge in [0.1, 0.15) is 0 Å². The van der Waals surface area contributed by atoms with Crippen molar-refractivity contribution < 1.29 is 9.53 Å². The first-order valence-corrected chi connectivity index (χ1v) is 20.7. The molecule has 5 heterocycles. The van der Waals surface area contributed by atoms with Crippen LogP contribution in [0.25, 0.3) is 45.1 Å². The van der Waals surface area contributed by atoms with Crippen LogP contribution in [0.15, 0.2) is 111 Å². The van der Waals surface area contributed by atoms with Crippen molar-refractivity contribution in [3.63, 3.8) is 0 Å². The first-order chi connectivity index (χ1) is 29.1. The van der Waals surface area contributed by atoms with Crippen LogP contribution in [0.5, 0.6) is 0 Å². The number of methoxy groups -OCH3 is 1. The van der Waals surface area contributed by atoms with Gasteiger partial charge in [-0.05, 0) is 73.4 Å². The van der Waals surface area contributed by atoms with Crippen LogP contribution >= 0.6 is 15.9 Å². The van der Waals surface area contributed by atoms with E-state index in [1.807, 2.05) is 108 Å². The van der Waals surface area contributed by atoms with Crippen LogP contribution in [-0.2, 0) is 22.5 Å². The lowest BCUT2D eigenvalue weighted by Crippen LogP contribution is -2.26. The van der Waals surface area contributed by atoms with Crippen molar-refractivity contribution in [1.82, 2.24) is 38.3 Å². The second-order valence-electron chi connectivity index (χ2n) is 15.0. The SMILES string of the molecule is COC(=O)Cc1ccc(-n2nc(N(C)C)n3c4ccc(Br)cc4c(=O)nc23)cc1.Cc1ccc2c(c1)c(=O)nc1n(C/C=C/c3ccccc3)nc(N3CCCCCC3)n21. The maximum Gasteiger partial charge on any atom is 0.309 e. The van der Waals surface area contributed by atoms with E-state index in [9.17, 15) is 14.4 Å². The predicted molar refractivity (Wildman–Crippen MR) is 239 cm³/mol. The number of halogens is 1. The molecule has 306 valence electrons. The van der Waals surface area contributed by atoms with Gasteiger partial charge in [0.25, 0.3) is 11.1 Å². The fourth-order valence-electron chi connectivity index (χ4n) is 7.50. The average molecular weight is 870 g/mol. The summed E-state index contributed by atoms with van der Waals surface area (Å²) < 4.78 is 12.9. The summed E-state index contributed by atoms with van der Waals surface area (Å²) in [5.74, 6) is 2.22. The summed E-state index contributed by atoms with van der Waals surface area (Å²) in [6, 6.07) is 29.0. The van der Waals surface area contributed by atoms with Gasteiger partial charge in [0.15, 0.2) is 0 Å². The molecule has 15 heteroatoms. The van der Waals surface area contributed by atoms with Crippen LogP contribution in [0.1, 0.15) is 42.4 Å². The summed E-state index contributed by atoms with van der Waals surface area (Å²) in [5.41, 5.74) is 4.82. The maximum atomic E-state index is 12.8. The van der Waals surface area contributed by atoms with Crippen molar-refractivity contribution in [2.45, 2.75) is 45.6 Å². The van der Waals surface area contributed by atoms with Gasteiger partial charge >= 0.3 is 5.97 Å². The summed E-state index contributed by atoms with van der Waals surface area (Å²) in [6.07, 6.45) is 9.16. The van der Waals surface area contributed by atoms with Crippen LogP contribution in [0, 0.1) is 6.92 Å². The molecular weight excluding hydrogens is 824 g/mol. The number of rotatable bonds is 8. The van der Waals surface area contributed by atoms with E-state index in [0.717, 1.165) is 69.8 Å². The Hall–Kier alpha value is -6.61. The molecule has 9 rings (SSSR count). The fraction of sp³-hybridized carbons (Fsp3) is 0.267. The maximum absolute atomic E-state index is 12.8. The van der Waals surface area contributed by atoms with Gasteiger partial charge in [-0.15, -0.1) is 10.2 Å². The van der Waals surface area contributed by atoms with E-state index in [1.54, 1.807) is 10.7 Å². The number of carbonyl (C=O) groups excluding carboxylic acids is 1. The Balaban J connectivity index is 0.000000167. The number of allylic oxidation sites excluding steroid dienone is 1. The lowest BCUT2D eigenvalue weighted by molar-refractivity contribution is -0.139. The molecule has 0 spiro atoms. The molecule has 0 saturated carbocycles. The number of ether oxygens (including phenoxy) is 1. The topological polar surface area (TPSA) is 137 Å². The van der Waals surface area contributed by atoms with Gasteiger partial charge in [-0.25, -0.2) is 13.5 Å². The molecule has 1 aliphatic rings. The third-order valence-electron chi connectivity index (χ3n) is 10.5. The van der Waals surface area contributed by atoms with Crippen LogP contribution in [0.3, 0.4) is 0 Å². The summed E-state index contributed by atoms with van der Waals surface area (Å²) in [4.78, 5) is 49.9. The van der Waals surface area contributed by atoms with Gasteiger partial charge in [0.2, 0.25) is 23.5 Å². The number of aromatic nitrogens is 8. The average Bonchev–Trinajstić information content (AvgIpc) is 3.68. The van der Waals surface area contributed by atoms with E-state index >= 15 is 0 Å². The molecule has 0 unspecified atom stereocenters. The molecule has 0 N–H and O–H groups in total. The van der Waals surface area contributed by atoms with Gasteiger partial charge in [-0.1, -0.05) is 95.0 Å². The Kier molecular flexibility index (Phi) is 11.6. The second-order valence-corrected chi connectivity index (χ2v) is 15.9. The number of esters is 1. The molecular formula is C45H45BrN10O4. The first kappa shape index (κ1) is 40.2. The number of carbonyl (C=O) groups is 1. The van der Waals surface area contributed by atoms with Crippen LogP contribution in [-0.4, -0.2) is 78.6 Å². The zero-order valence-corrected chi connectivity index (χ0v) is 35.5. The Morgan fingerprint density at radius 3 is 2.17 bits per heavy atom. The summed E-state index contributed by atoms with van der Waals surface area (Å²) in [5, 5.41) is 10.8. The molecule has 0 radical (unpaired) electrons. The number of aryl methyl sites for hydroxylation is 1. The Bertz CT molecular complexity index is 3000. The highest BCUT2D eigenvalue weighted by Crippen LogP contribution is 2.26. The predicted octanol–water partition coefficient (Wildman–Crippen LogP) is 7.02. The van der Waals surface area contributed by atoms with Crippen molar-refractivity contribution in [2.24, 2.45) is 0 Å². The van der Waals surface area contributed by atoms with Crippen molar-refractivity contribution in [3.05, 3.63) is 139 Å². The Labute approximate surface area is 354 Å². The highest BCUT2D eigenvalue weighted by Gasteiger charge is 2.22. The monoisotopic (exact) mass is 868 g/mol. The van der Waals surface area contributed by atoms with Gasteiger partial charge in [0.05, 0.1) is 47.6 Å². The molecule has 1 saturated heterocycles. The van der Waals surface area contributed by atoms with E-state index in [0.29, 0.717) is 34.8 Å². The van der Waals surface area contributed by atoms with Crippen LogP contribution in [0.4, 0.5) is 11.9 Å². The van der Waals surface area contributed by atoms with E-state index in [2.05, 4.69) is 64.6 Å². The molecule has 1 aliphatic heterocycles. The van der Waals surface area contributed by atoms with E-state index in [1.165, 1.54) is 20.0 Å². The minimum Gasteiger partial charge on any atom is -0.469 e. The van der Waals surface area contributed by atoms with E-state index in [-0.39, 0.29) is 23.5 Å². The Morgan fingerprint density at radius 2 is 1.47 bits per heavy atom. The molecule has 14 nitrogen and oxygen atoms in total. The molecule has 8 aromatic rings. The molecule has 0 amide bonds. The quantitative estimate of drug-likeness (QED) is 0.147. The third kappa shape index (κ3) is 8.17. The van der Waals surface area contributed by atoms with Crippen molar-refractivity contribution >= 4 is 73.2 Å². The molecule has 0 bridgehead atoms. The number of hydrogen-bond donors (Lipinski definition) is 0. The zero-order valence-electron chi connectivity index (χ0n) is 34.0. The number of nitrogens with zero attached hydrogens (tertiary/aromatic N) is 10. The fourth-order valence-corrected chi connectivity index (χ4v) is 7.86. The van der Waals surface area contributed by atoms with Gasteiger partial charge in [0, 0.05) is 31.7 Å². The highest BCUT2D eigenvalue weighted by atomic mass is 79.9. The standard InChI is InChI=1S/C25H27N5O.C20H18BrN5O3/c1-19-13-14-22-21(18-19)23(31)26-24-29(17-9-12-20-10-5-4-6-11-20)27-25(30(22)24)28-15-7-2-3-8-16-28;1-24(2)20-23-26(14-7-4-12(5-8-14)10-17(27)29-3)19-22-18(28)15-11-13(21)6-9-16(15)25(19)20/h4-6,9-14,18H,2-3,7-8,15-17H2,1H3;4-9,11H,10H2,1-3H3/b12-9+;. The van der Waals surface area contributed by atoms with E-state index in [4.69, 9.17) is 9.84 Å². The summed E-state index contributed by atoms with van der Waals surface area (Å²) in [6.45, 7) is 4.51. The minimum absolute atomic E-state index is 0.191. The summed E-state index contributed by atoms with van der Waals surface area (Å²) in [7, 11) is 5.13. The number of benzene rings is 4. The number of fused-ring (bicyclic) bond motifs is 6. The molecule has 0 aliphatic carbocycles. The molecule has 4 aromatic heterocycles. The van der Waals surface area contributed by atoms with Crippen LogP contribution in [0.2, 0.25) is 0 Å². The van der Waals surface area contributed by atoms with Gasteiger partial charge < -0.3 is 14.5 Å². The smallest absolute Gasteiger partial charge is 0.309 e. The van der Waals surface area contributed by atoms with Crippen molar-refractivity contribution in [2.75, 3.05) is 44.1 Å². The zero-order chi connectivity index (χ0) is 41.9. The molecule has 1 fully saturated rings. The van der Waals surface area contributed by atoms with Gasteiger partial charge in [-0.2, -0.15) is 14.6 Å². The van der Waals surface area contributed by atoms with Gasteiger partial charge in [-0.3, -0.25) is 14.4 Å². The second kappa shape index (κ2) is 17.3.